The van der Waals surface area contributed by atoms with Crippen molar-refractivity contribution in [1.82, 2.24) is 4.98 Å². The van der Waals surface area contributed by atoms with Crippen LogP contribution in [0.5, 0.6) is 5.75 Å². The Hall–Kier alpha value is -2.44. The van der Waals surface area contributed by atoms with E-state index in [4.69, 9.17) is 9.72 Å². The molecule has 0 aliphatic heterocycles. The standard InChI is InChI=1S/C23H25NO4S/c1-4-28-21(23(26)27)18-13(3)24-22-20(15-7-5-6-8-17(15)29-22)19(18)14-10-9-12(2)11-16(14)25/h9-11,21,25H,4-8H2,1-3H3,(H,26,27). The highest BCUT2D eigenvalue weighted by atomic mass is 32.1. The SMILES string of the molecule is CCOC(C(=O)O)c1c(C)nc2sc3c(c2c1-c1ccc(C)cc1O)CCCC3. The second-order valence-electron chi connectivity index (χ2n) is 7.57. The third-order valence-corrected chi connectivity index (χ3v) is 6.76. The minimum atomic E-state index is -1.13. The van der Waals surface area contributed by atoms with Crippen molar-refractivity contribution in [2.75, 3.05) is 6.61 Å². The van der Waals surface area contributed by atoms with Gasteiger partial charge in [-0.25, -0.2) is 9.78 Å². The summed E-state index contributed by atoms with van der Waals surface area (Å²) in [5, 5.41) is 21.7. The van der Waals surface area contributed by atoms with Crippen molar-refractivity contribution in [3.05, 3.63) is 45.5 Å². The molecule has 1 aliphatic rings. The van der Waals surface area contributed by atoms with E-state index in [9.17, 15) is 15.0 Å². The second-order valence-corrected chi connectivity index (χ2v) is 8.65. The van der Waals surface area contributed by atoms with Crippen LogP contribution in [0.1, 0.15) is 53.1 Å². The maximum atomic E-state index is 12.1. The highest BCUT2D eigenvalue weighted by molar-refractivity contribution is 7.19. The van der Waals surface area contributed by atoms with Gasteiger partial charge in [-0.15, -0.1) is 11.3 Å². The van der Waals surface area contributed by atoms with Gasteiger partial charge in [-0.05, 0) is 63.6 Å². The summed E-state index contributed by atoms with van der Waals surface area (Å²) in [4.78, 5) is 19.1. The van der Waals surface area contributed by atoms with Crippen LogP contribution in [-0.2, 0) is 22.4 Å². The minimum Gasteiger partial charge on any atom is -0.507 e. The Morgan fingerprint density at radius 3 is 2.72 bits per heavy atom. The number of carboxylic acids is 1. The monoisotopic (exact) mass is 411 g/mol. The maximum Gasteiger partial charge on any atom is 0.337 e. The van der Waals surface area contributed by atoms with E-state index in [0.717, 1.165) is 47.0 Å². The molecule has 152 valence electrons. The van der Waals surface area contributed by atoms with Crippen LogP contribution in [0.15, 0.2) is 18.2 Å². The van der Waals surface area contributed by atoms with E-state index >= 15 is 0 Å². The Morgan fingerprint density at radius 2 is 2.03 bits per heavy atom. The zero-order chi connectivity index (χ0) is 20.7. The minimum absolute atomic E-state index is 0.148. The first-order chi connectivity index (χ1) is 13.9. The molecule has 5 nitrogen and oxygen atoms in total. The number of aromatic hydroxyl groups is 1. The number of pyridine rings is 1. The number of hydrogen-bond donors (Lipinski definition) is 2. The normalized spacial score (nSPS) is 14.7. The summed E-state index contributed by atoms with van der Waals surface area (Å²) in [6.45, 7) is 5.81. The molecule has 0 saturated heterocycles. The molecule has 1 aromatic carbocycles. The molecule has 1 atom stereocenters. The van der Waals surface area contributed by atoms with Gasteiger partial charge in [0.05, 0.1) is 0 Å². The topological polar surface area (TPSA) is 79.7 Å². The number of nitrogens with zero attached hydrogens (tertiary/aromatic N) is 1. The number of thiophene rings is 1. The number of aryl methyl sites for hydroxylation is 4. The summed E-state index contributed by atoms with van der Waals surface area (Å²) in [7, 11) is 0. The number of fused-ring (bicyclic) bond motifs is 3. The van der Waals surface area contributed by atoms with Crippen molar-refractivity contribution in [3.63, 3.8) is 0 Å². The molecule has 0 spiro atoms. The molecule has 29 heavy (non-hydrogen) atoms. The molecule has 0 fully saturated rings. The summed E-state index contributed by atoms with van der Waals surface area (Å²) >= 11 is 1.69. The van der Waals surface area contributed by atoms with Gasteiger partial charge in [0, 0.05) is 39.3 Å². The predicted octanol–water partition coefficient (Wildman–Crippen LogP) is 5.33. The Labute approximate surface area is 174 Å². The average Bonchev–Trinajstić information content (AvgIpc) is 3.03. The van der Waals surface area contributed by atoms with E-state index in [0.29, 0.717) is 16.8 Å². The molecule has 1 unspecified atom stereocenters. The number of carboxylic acid groups (broad SMARTS) is 1. The number of phenols is 1. The Kier molecular flexibility index (Phi) is 5.32. The van der Waals surface area contributed by atoms with Crippen LogP contribution in [0, 0.1) is 13.8 Å². The van der Waals surface area contributed by atoms with Gasteiger partial charge >= 0.3 is 5.97 Å². The van der Waals surface area contributed by atoms with E-state index < -0.39 is 12.1 Å². The summed E-state index contributed by atoms with van der Waals surface area (Å²) in [5.74, 6) is -0.900. The second kappa shape index (κ2) is 7.76. The van der Waals surface area contributed by atoms with E-state index in [1.54, 1.807) is 24.3 Å². The molecule has 2 aromatic heterocycles. The lowest BCUT2D eigenvalue weighted by atomic mass is 9.87. The predicted molar refractivity (Wildman–Crippen MR) is 115 cm³/mol. The highest BCUT2D eigenvalue weighted by Gasteiger charge is 2.31. The zero-order valence-corrected chi connectivity index (χ0v) is 17.7. The Morgan fingerprint density at radius 1 is 1.28 bits per heavy atom. The van der Waals surface area contributed by atoms with Crippen LogP contribution >= 0.6 is 11.3 Å². The number of carbonyl (C=O) groups is 1. The van der Waals surface area contributed by atoms with Crippen molar-refractivity contribution in [3.8, 4) is 16.9 Å². The molecular formula is C23H25NO4S. The van der Waals surface area contributed by atoms with Gasteiger partial charge in [-0.2, -0.15) is 0 Å². The number of aliphatic carboxylic acids is 1. The molecule has 0 amide bonds. The molecule has 0 bridgehead atoms. The lowest BCUT2D eigenvalue weighted by Crippen LogP contribution is -2.18. The first kappa shape index (κ1) is 19.9. The third kappa shape index (κ3) is 3.40. The number of hydrogen-bond acceptors (Lipinski definition) is 5. The highest BCUT2D eigenvalue weighted by Crippen LogP contribution is 2.47. The van der Waals surface area contributed by atoms with Gasteiger partial charge in [-0.1, -0.05) is 12.1 Å². The van der Waals surface area contributed by atoms with Crippen LogP contribution in [0.2, 0.25) is 0 Å². The van der Waals surface area contributed by atoms with Gasteiger partial charge in [0.2, 0.25) is 0 Å². The first-order valence-electron chi connectivity index (χ1n) is 10.0. The number of aromatic nitrogens is 1. The zero-order valence-electron chi connectivity index (χ0n) is 16.9. The van der Waals surface area contributed by atoms with Crippen molar-refractivity contribution in [1.29, 1.82) is 0 Å². The average molecular weight is 412 g/mol. The van der Waals surface area contributed by atoms with Crippen molar-refractivity contribution >= 4 is 27.5 Å². The first-order valence-corrected chi connectivity index (χ1v) is 10.8. The number of phenolic OH excluding ortho intramolecular Hbond substituents is 1. The molecule has 0 radical (unpaired) electrons. The van der Waals surface area contributed by atoms with E-state index in [1.807, 2.05) is 26.0 Å². The van der Waals surface area contributed by atoms with Gasteiger partial charge in [0.25, 0.3) is 0 Å². The van der Waals surface area contributed by atoms with Gasteiger partial charge in [0.1, 0.15) is 10.6 Å². The van der Waals surface area contributed by atoms with Crippen LogP contribution in [0.25, 0.3) is 21.3 Å². The van der Waals surface area contributed by atoms with Gasteiger partial charge in [-0.3, -0.25) is 0 Å². The molecule has 2 N–H and O–H groups in total. The van der Waals surface area contributed by atoms with Gasteiger partial charge in [0.15, 0.2) is 6.10 Å². The van der Waals surface area contributed by atoms with Crippen molar-refractivity contribution in [2.45, 2.75) is 52.6 Å². The van der Waals surface area contributed by atoms with Crippen molar-refractivity contribution in [2.24, 2.45) is 0 Å². The molecular weight excluding hydrogens is 386 g/mol. The number of ether oxygens (including phenoxy) is 1. The molecule has 2 heterocycles. The lowest BCUT2D eigenvalue weighted by Gasteiger charge is -2.22. The van der Waals surface area contributed by atoms with Crippen LogP contribution in [-0.4, -0.2) is 27.8 Å². The third-order valence-electron chi connectivity index (χ3n) is 5.57. The van der Waals surface area contributed by atoms with E-state index in [1.165, 1.54) is 10.4 Å². The van der Waals surface area contributed by atoms with E-state index in [2.05, 4.69) is 0 Å². The number of benzene rings is 1. The summed E-state index contributed by atoms with van der Waals surface area (Å²) in [5.41, 5.74) is 4.76. The quantitative estimate of drug-likeness (QED) is 0.593. The van der Waals surface area contributed by atoms with E-state index in [-0.39, 0.29) is 12.4 Å². The number of rotatable bonds is 5. The largest absolute Gasteiger partial charge is 0.507 e. The molecule has 0 saturated carbocycles. The van der Waals surface area contributed by atoms with Crippen molar-refractivity contribution < 1.29 is 19.7 Å². The maximum absolute atomic E-state index is 12.1. The Balaban J connectivity index is 2.13. The van der Waals surface area contributed by atoms with Gasteiger partial charge < -0.3 is 14.9 Å². The fourth-order valence-electron chi connectivity index (χ4n) is 4.31. The molecule has 3 aromatic rings. The molecule has 1 aliphatic carbocycles. The summed E-state index contributed by atoms with van der Waals surface area (Å²) in [6.07, 6.45) is 3.11. The Bertz CT molecular complexity index is 1100. The molecule has 6 heteroatoms. The molecule has 4 rings (SSSR count). The fourth-order valence-corrected chi connectivity index (χ4v) is 5.63. The van der Waals surface area contributed by atoms with Crippen LogP contribution in [0.4, 0.5) is 0 Å². The van der Waals surface area contributed by atoms with Crippen LogP contribution < -0.4 is 0 Å². The van der Waals surface area contributed by atoms with Crippen LogP contribution in [0.3, 0.4) is 0 Å². The lowest BCUT2D eigenvalue weighted by molar-refractivity contribution is -0.150. The fraction of sp³-hybridized carbons (Fsp3) is 0.391. The summed E-state index contributed by atoms with van der Waals surface area (Å²) < 4.78 is 5.65. The summed E-state index contributed by atoms with van der Waals surface area (Å²) in [6, 6.07) is 5.53. The smallest absolute Gasteiger partial charge is 0.337 e.